The molecule has 1 aromatic carbocycles. The van der Waals surface area contributed by atoms with Crippen LogP contribution in [0.4, 0.5) is 5.69 Å². The summed E-state index contributed by atoms with van der Waals surface area (Å²) in [5, 5.41) is 0.627. The number of furan rings is 1. The molecule has 3 rings (SSSR count). The Bertz CT molecular complexity index is 738. The average Bonchev–Trinajstić information content (AvgIpc) is 3.13. The van der Waals surface area contributed by atoms with E-state index in [-0.39, 0.29) is 11.7 Å². The molecule has 0 saturated carbocycles. The Morgan fingerprint density at radius 2 is 2.23 bits per heavy atom. The average molecular weight is 314 g/mol. The van der Waals surface area contributed by atoms with E-state index in [1.54, 1.807) is 35.4 Å². The lowest BCUT2D eigenvalue weighted by molar-refractivity contribution is -0.124. The van der Waals surface area contributed by atoms with E-state index in [1.807, 2.05) is 12.1 Å². The van der Waals surface area contributed by atoms with Crippen molar-refractivity contribution in [3.8, 4) is 0 Å². The zero-order chi connectivity index (χ0) is 15.5. The second kappa shape index (κ2) is 6.19. The Labute approximate surface area is 132 Å². The van der Waals surface area contributed by atoms with E-state index in [2.05, 4.69) is 4.99 Å². The normalized spacial score (nSPS) is 16.5. The highest BCUT2D eigenvalue weighted by Gasteiger charge is 2.29. The number of hydrogen-bond acceptors (Lipinski definition) is 5. The molecule has 1 fully saturated rings. The van der Waals surface area contributed by atoms with Crippen molar-refractivity contribution in [2.75, 3.05) is 5.75 Å². The quantitative estimate of drug-likeness (QED) is 0.813. The highest BCUT2D eigenvalue weighted by atomic mass is 32.2. The van der Waals surface area contributed by atoms with E-state index in [0.29, 0.717) is 34.5 Å². The molecule has 1 aromatic heterocycles. The first-order valence-corrected chi connectivity index (χ1v) is 7.77. The fourth-order valence-corrected chi connectivity index (χ4v) is 3.00. The van der Waals surface area contributed by atoms with Crippen molar-refractivity contribution in [1.82, 2.24) is 4.90 Å². The summed E-state index contributed by atoms with van der Waals surface area (Å²) in [5.41, 5.74) is 1.27. The summed E-state index contributed by atoms with van der Waals surface area (Å²) >= 11 is 1.39. The van der Waals surface area contributed by atoms with Gasteiger partial charge in [0, 0.05) is 5.56 Å². The first-order valence-electron chi connectivity index (χ1n) is 6.79. The maximum absolute atomic E-state index is 12.0. The molecular weight excluding hydrogens is 300 g/mol. The van der Waals surface area contributed by atoms with Crippen molar-refractivity contribution in [3.05, 3.63) is 54.0 Å². The molecule has 1 amide bonds. The number of aliphatic imine (C=N–C) groups is 1. The molecule has 1 saturated heterocycles. The van der Waals surface area contributed by atoms with Gasteiger partial charge in [-0.25, -0.2) is 4.99 Å². The molecule has 0 unspecified atom stereocenters. The zero-order valence-corrected chi connectivity index (χ0v) is 12.8. The number of amidine groups is 1. The molecule has 112 valence electrons. The van der Waals surface area contributed by atoms with Crippen LogP contribution in [0.15, 0.2) is 52.1 Å². The first-order chi connectivity index (χ1) is 10.6. The van der Waals surface area contributed by atoms with Crippen LogP contribution in [-0.2, 0) is 11.3 Å². The minimum atomic E-state index is -0.00959. The molecule has 0 N–H and O–H groups in total. The van der Waals surface area contributed by atoms with E-state index in [1.165, 1.54) is 18.7 Å². The molecule has 2 heterocycles. The van der Waals surface area contributed by atoms with Crippen LogP contribution < -0.4 is 0 Å². The molecule has 1 aliphatic rings. The van der Waals surface area contributed by atoms with E-state index >= 15 is 0 Å². The lowest BCUT2D eigenvalue weighted by atomic mass is 10.1. The number of thioether (sulfide) groups is 1. The van der Waals surface area contributed by atoms with Crippen molar-refractivity contribution in [3.63, 3.8) is 0 Å². The molecule has 0 bridgehead atoms. The summed E-state index contributed by atoms with van der Waals surface area (Å²) < 4.78 is 5.29. The molecule has 6 heteroatoms. The highest BCUT2D eigenvalue weighted by molar-refractivity contribution is 8.15. The first kappa shape index (κ1) is 14.6. The van der Waals surface area contributed by atoms with Crippen LogP contribution in [0.25, 0.3) is 0 Å². The fourth-order valence-electron chi connectivity index (χ4n) is 2.10. The number of nitrogens with zero attached hydrogens (tertiary/aromatic N) is 2. The number of Topliss-reactive ketones (excluding diaryl/α,β-unsaturated/α-hetero) is 1. The van der Waals surface area contributed by atoms with Crippen molar-refractivity contribution in [1.29, 1.82) is 0 Å². The number of benzene rings is 1. The minimum absolute atomic E-state index is 0.00266. The molecule has 0 radical (unpaired) electrons. The topological polar surface area (TPSA) is 62.9 Å². The van der Waals surface area contributed by atoms with Crippen molar-refractivity contribution in [2.24, 2.45) is 4.99 Å². The molecule has 0 spiro atoms. The van der Waals surface area contributed by atoms with Crippen LogP contribution >= 0.6 is 11.8 Å². The summed E-state index contributed by atoms with van der Waals surface area (Å²) in [6.45, 7) is 1.88. The number of rotatable bonds is 4. The Hall–Kier alpha value is -2.34. The predicted molar refractivity (Wildman–Crippen MR) is 85.3 cm³/mol. The van der Waals surface area contributed by atoms with Crippen LogP contribution in [0.1, 0.15) is 23.0 Å². The summed E-state index contributed by atoms with van der Waals surface area (Å²) in [6.07, 6.45) is 1.58. The van der Waals surface area contributed by atoms with E-state index < -0.39 is 0 Å². The van der Waals surface area contributed by atoms with Gasteiger partial charge in [-0.1, -0.05) is 23.9 Å². The number of carbonyl (C=O) groups is 2. The van der Waals surface area contributed by atoms with Crippen molar-refractivity contribution in [2.45, 2.75) is 13.5 Å². The number of hydrogen-bond donors (Lipinski definition) is 0. The molecule has 22 heavy (non-hydrogen) atoms. The number of ketones is 1. The third-order valence-corrected chi connectivity index (χ3v) is 4.19. The lowest BCUT2D eigenvalue weighted by Crippen LogP contribution is -2.28. The van der Waals surface area contributed by atoms with Gasteiger partial charge in [0.2, 0.25) is 5.91 Å². The molecule has 2 aromatic rings. The van der Waals surface area contributed by atoms with Gasteiger partial charge in [-0.3, -0.25) is 14.5 Å². The lowest BCUT2D eigenvalue weighted by Gasteiger charge is -2.14. The molecule has 0 atom stereocenters. The monoisotopic (exact) mass is 314 g/mol. The van der Waals surface area contributed by atoms with Gasteiger partial charge in [-0.15, -0.1) is 0 Å². The maximum Gasteiger partial charge on any atom is 0.239 e. The maximum atomic E-state index is 12.0. The van der Waals surface area contributed by atoms with Crippen molar-refractivity contribution < 1.29 is 14.0 Å². The van der Waals surface area contributed by atoms with Gasteiger partial charge in [0.1, 0.15) is 5.76 Å². The minimum Gasteiger partial charge on any atom is -0.467 e. The Balaban J connectivity index is 1.87. The summed E-state index contributed by atoms with van der Waals surface area (Å²) in [5.74, 6) is 1.07. The van der Waals surface area contributed by atoms with Crippen LogP contribution in [0.3, 0.4) is 0 Å². The second-order valence-electron chi connectivity index (χ2n) is 4.85. The Kier molecular flexibility index (Phi) is 4.11. The third-order valence-electron chi connectivity index (χ3n) is 3.23. The zero-order valence-electron chi connectivity index (χ0n) is 12.0. The van der Waals surface area contributed by atoms with Crippen LogP contribution in [0.5, 0.6) is 0 Å². The molecule has 5 nitrogen and oxygen atoms in total. The molecule has 1 aliphatic heterocycles. The van der Waals surface area contributed by atoms with Crippen molar-refractivity contribution >= 4 is 34.3 Å². The second-order valence-corrected chi connectivity index (χ2v) is 5.79. The Morgan fingerprint density at radius 1 is 1.36 bits per heavy atom. The third kappa shape index (κ3) is 3.12. The van der Waals surface area contributed by atoms with Gasteiger partial charge in [0.05, 0.1) is 24.2 Å². The Morgan fingerprint density at radius 3 is 2.95 bits per heavy atom. The standard InChI is InChI=1S/C16H14N2O3S/c1-11(19)12-4-2-5-13(8-12)17-16-18(15(20)10-22-16)9-14-6-3-7-21-14/h2-8H,9-10H2,1H3/b17-16+. The van der Waals surface area contributed by atoms with Crippen LogP contribution in [0, 0.1) is 0 Å². The largest absolute Gasteiger partial charge is 0.467 e. The van der Waals surface area contributed by atoms with Gasteiger partial charge in [-0.2, -0.15) is 0 Å². The van der Waals surface area contributed by atoms with Gasteiger partial charge >= 0.3 is 0 Å². The van der Waals surface area contributed by atoms with Crippen LogP contribution in [-0.4, -0.2) is 27.5 Å². The summed E-state index contributed by atoms with van der Waals surface area (Å²) in [6, 6.07) is 10.7. The van der Waals surface area contributed by atoms with Gasteiger partial charge in [0.15, 0.2) is 11.0 Å². The number of amides is 1. The van der Waals surface area contributed by atoms with E-state index in [4.69, 9.17) is 4.42 Å². The smallest absolute Gasteiger partial charge is 0.239 e. The van der Waals surface area contributed by atoms with Gasteiger partial charge in [-0.05, 0) is 31.2 Å². The van der Waals surface area contributed by atoms with Gasteiger partial charge in [0.25, 0.3) is 0 Å². The fraction of sp³-hybridized carbons (Fsp3) is 0.188. The van der Waals surface area contributed by atoms with E-state index in [0.717, 1.165) is 0 Å². The van der Waals surface area contributed by atoms with E-state index in [9.17, 15) is 9.59 Å². The molecule has 0 aliphatic carbocycles. The van der Waals surface area contributed by atoms with Gasteiger partial charge < -0.3 is 4.42 Å². The number of carbonyl (C=O) groups excluding carboxylic acids is 2. The highest BCUT2D eigenvalue weighted by Crippen LogP contribution is 2.26. The van der Waals surface area contributed by atoms with Crippen LogP contribution in [0.2, 0.25) is 0 Å². The predicted octanol–water partition coefficient (Wildman–Crippen LogP) is 3.25. The molecular formula is C16H14N2O3S. The summed E-state index contributed by atoms with van der Waals surface area (Å²) in [4.78, 5) is 29.5. The SMILES string of the molecule is CC(=O)c1cccc(/N=C2/SCC(=O)N2Cc2ccco2)c1. The summed E-state index contributed by atoms with van der Waals surface area (Å²) in [7, 11) is 0.